The predicted octanol–water partition coefficient (Wildman–Crippen LogP) is 3.99. The summed E-state index contributed by atoms with van der Waals surface area (Å²) in [7, 11) is 0. The largest absolute Gasteiger partial charge is 0.443 e. The number of benzene rings is 2. The molecule has 0 radical (unpaired) electrons. The Morgan fingerprint density at radius 2 is 1.68 bits per heavy atom. The standard InChI is InChI=1S/C20H22N2O3/c1-20(2,3)25-19(24)22-16-12-8-7-9-14(16)13-17(22)18(23)21-15-10-5-4-6-11-15/h4-12,17H,13H2,1-3H3,(H,21,23)/t17-/m0/s1. The zero-order chi connectivity index (χ0) is 18.0. The molecule has 0 aromatic heterocycles. The Labute approximate surface area is 147 Å². The summed E-state index contributed by atoms with van der Waals surface area (Å²) >= 11 is 0. The van der Waals surface area contributed by atoms with Gasteiger partial charge in [0, 0.05) is 12.1 Å². The average molecular weight is 338 g/mol. The number of carbonyl (C=O) groups is 2. The Balaban J connectivity index is 1.87. The summed E-state index contributed by atoms with van der Waals surface area (Å²) in [5.74, 6) is -0.228. The molecule has 1 N–H and O–H groups in total. The molecule has 2 amide bonds. The number of ether oxygens (including phenoxy) is 1. The van der Waals surface area contributed by atoms with Crippen LogP contribution in [0.5, 0.6) is 0 Å². The fourth-order valence-electron chi connectivity index (χ4n) is 2.88. The van der Waals surface area contributed by atoms with Gasteiger partial charge in [-0.15, -0.1) is 0 Å². The molecule has 2 aromatic carbocycles. The number of rotatable bonds is 2. The van der Waals surface area contributed by atoms with E-state index in [9.17, 15) is 9.59 Å². The molecule has 5 nitrogen and oxygen atoms in total. The summed E-state index contributed by atoms with van der Waals surface area (Å²) in [6.45, 7) is 5.43. The molecule has 3 rings (SSSR count). The first-order valence-corrected chi connectivity index (χ1v) is 8.31. The van der Waals surface area contributed by atoms with E-state index in [1.165, 1.54) is 4.90 Å². The number of fused-ring (bicyclic) bond motifs is 1. The Morgan fingerprint density at radius 3 is 2.36 bits per heavy atom. The number of carbonyl (C=O) groups excluding carboxylic acids is 2. The van der Waals surface area contributed by atoms with E-state index in [1.807, 2.05) is 75.4 Å². The van der Waals surface area contributed by atoms with Crippen LogP contribution in [0.2, 0.25) is 0 Å². The molecule has 0 fully saturated rings. The first-order chi connectivity index (χ1) is 11.8. The maximum Gasteiger partial charge on any atom is 0.415 e. The lowest BCUT2D eigenvalue weighted by Crippen LogP contribution is -2.47. The predicted molar refractivity (Wildman–Crippen MR) is 97.7 cm³/mol. The van der Waals surface area contributed by atoms with Crippen LogP contribution in [0, 0.1) is 0 Å². The van der Waals surface area contributed by atoms with Crippen LogP contribution in [-0.2, 0) is 16.0 Å². The van der Waals surface area contributed by atoms with Gasteiger partial charge in [-0.1, -0.05) is 36.4 Å². The Hall–Kier alpha value is -2.82. The van der Waals surface area contributed by atoms with Gasteiger partial charge in [0.15, 0.2) is 0 Å². The molecule has 1 aliphatic rings. The molecule has 25 heavy (non-hydrogen) atoms. The molecule has 1 heterocycles. The van der Waals surface area contributed by atoms with Gasteiger partial charge in [0.1, 0.15) is 11.6 Å². The van der Waals surface area contributed by atoms with Crippen molar-refractivity contribution in [1.82, 2.24) is 0 Å². The van der Waals surface area contributed by atoms with Crippen LogP contribution in [0.25, 0.3) is 0 Å². The van der Waals surface area contributed by atoms with E-state index in [4.69, 9.17) is 4.74 Å². The topological polar surface area (TPSA) is 58.6 Å². The van der Waals surface area contributed by atoms with Crippen molar-refractivity contribution < 1.29 is 14.3 Å². The van der Waals surface area contributed by atoms with Crippen molar-refractivity contribution in [2.45, 2.75) is 38.8 Å². The van der Waals surface area contributed by atoms with Gasteiger partial charge in [0.2, 0.25) is 5.91 Å². The molecule has 2 aromatic rings. The van der Waals surface area contributed by atoms with E-state index in [-0.39, 0.29) is 5.91 Å². The van der Waals surface area contributed by atoms with Gasteiger partial charge in [-0.25, -0.2) is 4.79 Å². The fourth-order valence-corrected chi connectivity index (χ4v) is 2.88. The second-order valence-electron chi connectivity index (χ2n) is 7.05. The van der Waals surface area contributed by atoms with E-state index >= 15 is 0 Å². The molecule has 0 spiro atoms. The summed E-state index contributed by atoms with van der Waals surface area (Å²) in [5.41, 5.74) is 1.76. The highest BCUT2D eigenvalue weighted by atomic mass is 16.6. The van der Waals surface area contributed by atoms with Crippen LogP contribution >= 0.6 is 0 Å². The van der Waals surface area contributed by atoms with E-state index in [0.717, 1.165) is 11.3 Å². The number of nitrogens with one attached hydrogen (secondary N) is 1. The molecule has 1 aliphatic heterocycles. The van der Waals surface area contributed by atoms with Gasteiger partial charge in [-0.05, 0) is 44.5 Å². The lowest BCUT2D eigenvalue weighted by molar-refractivity contribution is -0.117. The fraction of sp³-hybridized carbons (Fsp3) is 0.300. The van der Waals surface area contributed by atoms with E-state index in [1.54, 1.807) is 0 Å². The van der Waals surface area contributed by atoms with Crippen molar-refractivity contribution in [1.29, 1.82) is 0 Å². The van der Waals surface area contributed by atoms with Crippen LogP contribution in [-0.4, -0.2) is 23.6 Å². The summed E-state index contributed by atoms with van der Waals surface area (Å²) in [5, 5.41) is 2.88. The molecule has 0 bridgehead atoms. The molecule has 0 aliphatic carbocycles. The number of hydrogen-bond acceptors (Lipinski definition) is 3. The molecule has 5 heteroatoms. The first kappa shape index (κ1) is 17.0. The van der Waals surface area contributed by atoms with Gasteiger partial charge in [0.25, 0.3) is 0 Å². The van der Waals surface area contributed by atoms with Gasteiger partial charge < -0.3 is 10.1 Å². The maximum absolute atomic E-state index is 12.8. The number of para-hydroxylation sites is 2. The number of amides is 2. The number of nitrogens with zero attached hydrogens (tertiary/aromatic N) is 1. The monoisotopic (exact) mass is 338 g/mol. The van der Waals surface area contributed by atoms with Gasteiger partial charge in [-0.3, -0.25) is 9.69 Å². The highest BCUT2D eigenvalue weighted by Gasteiger charge is 2.40. The zero-order valence-corrected chi connectivity index (χ0v) is 14.7. The van der Waals surface area contributed by atoms with Crippen LogP contribution in [0.1, 0.15) is 26.3 Å². The average Bonchev–Trinajstić information content (AvgIpc) is 2.94. The smallest absolute Gasteiger partial charge is 0.415 e. The van der Waals surface area contributed by atoms with Crippen molar-refractivity contribution in [3.05, 3.63) is 60.2 Å². The molecule has 0 saturated carbocycles. The van der Waals surface area contributed by atoms with Gasteiger partial charge in [-0.2, -0.15) is 0 Å². The lowest BCUT2D eigenvalue weighted by atomic mass is 10.1. The van der Waals surface area contributed by atoms with Crippen molar-refractivity contribution in [3.8, 4) is 0 Å². The molecule has 0 unspecified atom stereocenters. The molecule has 130 valence electrons. The molecule has 1 atom stereocenters. The Bertz CT molecular complexity index is 781. The second kappa shape index (κ2) is 6.59. The van der Waals surface area contributed by atoms with Crippen LogP contribution in [0.15, 0.2) is 54.6 Å². The summed E-state index contributed by atoms with van der Waals surface area (Å²) < 4.78 is 5.52. The van der Waals surface area contributed by atoms with Gasteiger partial charge in [0.05, 0.1) is 5.69 Å². The number of anilines is 2. The third-order valence-corrected chi connectivity index (χ3v) is 3.91. The summed E-state index contributed by atoms with van der Waals surface area (Å²) in [4.78, 5) is 27.0. The van der Waals surface area contributed by atoms with Crippen molar-refractivity contribution >= 4 is 23.4 Å². The van der Waals surface area contributed by atoms with E-state index < -0.39 is 17.7 Å². The highest BCUT2D eigenvalue weighted by molar-refractivity contribution is 6.05. The number of hydrogen-bond donors (Lipinski definition) is 1. The summed E-state index contributed by atoms with van der Waals surface area (Å²) in [6.07, 6.45) is -0.0423. The Kier molecular flexibility index (Phi) is 4.49. The zero-order valence-electron chi connectivity index (χ0n) is 14.7. The first-order valence-electron chi connectivity index (χ1n) is 8.31. The minimum atomic E-state index is -0.632. The second-order valence-corrected chi connectivity index (χ2v) is 7.05. The SMILES string of the molecule is CC(C)(C)OC(=O)N1c2ccccc2C[C@H]1C(=O)Nc1ccccc1. The lowest BCUT2D eigenvalue weighted by Gasteiger charge is -2.28. The third kappa shape index (κ3) is 3.82. The molecular weight excluding hydrogens is 316 g/mol. The molecular formula is C20H22N2O3. The minimum absolute atomic E-state index is 0.228. The van der Waals surface area contributed by atoms with Crippen molar-refractivity contribution in [3.63, 3.8) is 0 Å². The Morgan fingerprint density at radius 1 is 1.04 bits per heavy atom. The normalized spacial score (nSPS) is 16.3. The maximum atomic E-state index is 12.8. The van der Waals surface area contributed by atoms with Crippen molar-refractivity contribution in [2.24, 2.45) is 0 Å². The van der Waals surface area contributed by atoms with E-state index in [2.05, 4.69) is 5.32 Å². The van der Waals surface area contributed by atoms with Crippen LogP contribution in [0.4, 0.5) is 16.2 Å². The van der Waals surface area contributed by atoms with Crippen molar-refractivity contribution in [2.75, 3.05) is 10.2 Å². The van der Waals surface area contributed by atoms with Crippen LogP contribution < -0.4 is 10.2 Å². The van der Waals surface area contributed by atoms with E-state index in [0.29, 0.717) is 12.1 Å². The third-order valence-electron chi connectivity index (χ3n) is 3.91. The van der Waals surface area contributed by atoms with Gasteiger partial charge >= 0.3 is 6.09 Å². The quantitative estimate of drug-likeness (QED) is 0.901. The molecule has 0 saturated heterocycles. The minimum Gasteiger partial charge on any atom is -0.443 e. The van der Waals surface area contributed by atoms with Crippen LogP contribution in [0.3, 0.4) is 0 Å². The highest BCUT2D eigenvalue weighted by Crippen LogP contribution is 2.33. The summed E-state index contributed by atoms with van der Waals surface area (Å²) in [6, 6.07) is 16.1.